The van der Waals surface area contributed by atoms with Crippen molar-refractivity contribution in [2.45, 2.75) is 303 Å². The zero-order chi connectivity index (χ0) is 74.6. The second kappa shape index (κ2) is 74.0. The van der Waals surface area contributed by atoms with Crippen LogP contribution in [0, 0.1) is 0 Å². The molecule has 17 nitrogen and oxygen atoms in total. The van der Waals surface area contributed by atoms with Crippen LogP contribution in [0.5, 0.6) is 0 Å². The average molecular weight is 1470 g/mol. The van der Waals surface area contributed by atoms with E-state index in [4.69, 9.17) is 37.0 Å². The van der Waals surface area contributed by atoms with Gasteiger partial charge in [0.1, 0.15) is 19.3 Å². The molecule has 3 N–H and O–H groups in total. The average Bonchev–Trinajstić information content (AvgIpc) is 0.908. The van der Waals surface area contributed by atoms with Crippen molar-refractivity contribution < 1.29 is 80.2 Å². The lowest BCUT2D eigenvalue weighted by Crippen LogP contribution is -2.30. The van der Waals surface area contributed by atoms with Gasteiger partial charge in [0.25, 0.3) is 0 Å². The summed E-state index contributed by atoms with van der Waals surface area (Å²) in [5.74, 6) is -2.31. The van der Waals surface area contributed by atoms with E-state index in [1.807, 2.05) is 0 Å². The number of carbonyl (C=O) groups excluding carboxylic acids is 4. The monoisotopic (exact) mass is 1470 g/mol. The van der Waals surface area contributed by atoms with Gasteiger partial charge in [-0.1, -0.05) is 269 Å². The number of phosphoric ester groups is 2. The smallest absolute Gasteiger partial charge is 0.462 e. The van der Waals surface area contributed by atoms with Crippen LogP contribution >= 0.6 is 15.6 Å². The lowest BCUT2D eigenvalue weighted by atomic mass is 10.0. The number of esters is 4. The highest BCUT2D eigenvalue weighted by atomic mass is 31.2. The van der Waals surface area contributed by atoms with Crippen LogP contribution in [0.3, 0.4) is 0 Å². The Morgan fingerprint density at radius 3 is 0.804 bits per heavy atom. The van der Waals surface area contributed by atoms with Gasteiger partial charge >= 0.3 is 39.5 Å². The van der Waals surface area contributed by atoms with Gasteiger partial charge in [-0.25, -0.2) is 9.13 Å². The maximum atomic E-state index is 13.1. The van der Waals surface area contributed by atoms with Crippen LogP contribution in [0.2, 0.25) is 0 Å². The summed E-state index contributed by atoms with van der Waals surface area (Å²) in [7, 11) is -10.00. The van der Waals surface area contributed by atoms with E-state index in [2.05, 4.69) is 186 Å². The van der Waals surface area contributed by atoms with Crippen LogP contribution in [0.15, 0.2) is 158 Å². The van der Waals surface area contributed by atoms with Crippen molar-refractivity contribution in [1.82, 2.24) is 0 Å². The third kappa shape index (κ3) is 73.0. The Balaban J connectivity index is 5.45. The zero-order valence-corrected chi connectivity index (χ0v) is 65.0. The molecule has 0 amide bonds. The van der Waals surface area contributed by atoms with Crippen LogP contribution in [0.4, 0.5) is 0 Å². The molecule has 5 atom stereocenters. The number of ether oxygens (including phenoxy) is 4. The van der Waals surface area contributed by atoms with E-state index in [-0.39, 0.29) is 25.7 Å². The highest BCUT2D eigenvalue weighted by molar-refractivity contribution is 7.47. The van der Waals surface area contributed by atoms with Crippen molar-refractivity contribution in [2.75, 3.05) is 39.6 Å². The number of hydrogen-bond acceptors (Lipinski definition) is 15. The summed E-state index contributed by atoms with van der Waals surface area (Å²) in [6, 6.07) is 0. The Labute approximate surface area is 617 Å². The zero-order valence-electron chi connectivity index (χ0n) is 63.2. The first kappa shape index (κ1) is 96.7. The Bertz CT molecular complexity index is 2550. The van der Waals surface area contributed by atoms with Gasteiger partial charge in [0.15, 0.2) is 12.2 Å². The van der Waals surface area contributed by atoms with Gasteiger partial charge in [-0.05, 0) is 148 Å². The number of allylic oxidation sites excluding steroid dienone is 26. The molecule has 0 fully saturated rings. The minimum absolute atomic E-state index is 0.0281. The largest absolute Gasteiger partial charge is 0.472 e. The van der Waals surface area contributed by atoms with Gasteiger partial charge in [0.05, 0.1) is 26.4 Å². The third-order valence-electron chi connectivity index (χ3n) is 15.5. The van der Waals surface area contributed by atoms with Crippen molar-refractivity contribution >= 4 is 39.5 Å². The fourth-order valence-corrected chi connectivity index (χ4v) is 11.3. The van der Waals surface area contributed by atoms with Crippen LogP contribution in [-0.4, -0.2) is 96.7 Å². The predicted octanol–water partition coefficient (Wildman–Crippen LogP) is 22.4. The Kier molecular flexibility index (Phi) is 70.1. The van der Waals surface area contributed by atoms with E-state index in [0.29, 0.717) is 32.1 Å². The van der Waals surface area contributed by atoms with Crippen molar-refractivity contribution in [1.29, 1.82) is 0 Å². The Morgan fingerprint density at radius 2 is 0.510 bits per heavy atom. The minimum Gasteiger partial charge on any atom is -0.462 e. The molecular weight excluding hydrogens is 1330 g/mol. The molecule has 0 aromatic rings. The fourth-order valence-electron chi connectivity index (χ4n) is 9.70. The van der Waals surface area contributed by atoms with E-state index in [0.717, 1.165) is 148 Å². The summed E-state index contributed by atoms with van der Waals surface area (Å²) >= 11 is 0. The maximum absolute atomic E-state index is 13.1. The molecule has 0 bridgehead atoms. The van der Waals surface area contributed by atoms with E-state index in [1.165, 1.54) is 51.4 Å². The number of rotatable bonds is 71. The Morgan fingerprint density at radius 1 is 0.284 bits per heavy atom. The lowest BCUT2D eigenvalue weighted by Gasteiger charge is -2.21. The van der Waals surface area contributed by atoms with Gasteiger partial charge in [0.2, 0.25) is 0 Å². The first-order valence-corrected chi connectivity index (χ1v) is 41.7. The molecule has 0 aliphatic heterocycles. The molecule has 0 aromatic heterocycles. The second-order valence-corrected chi connectivity index (χ2v) is 28.1. The molecule has 0 aromatic carbocycles. The summed E-state index contributed by atoms with van der Waals surface area (Å²) in [4.78, 5) is 72.9. The first-order chi connectivity index (χ1) is 49.7. The van der Waals surface area contributed by atoms with E-state index >= 15 is 0 Å². The predicted molar refractivity (Wildman–Crippen MR) is 417 cm³/mol. The molecule has 19 heteroatoms. The first-order valence-electron chi connectivity index (χ1n) is 38.7. The molecule has 0 aliphatic carbocycles. The van der Waals surface area contributed by atoms with Crippen LogP contribution in [0.25, 0.3) is 0 Å². The summed E-state index contributed by atoms with van der Waals surface area (Å²) in [6.07, 6.45) is 85.3. The van der Waals surface area contributed by atoms with Crippen molar-refractivity contribution in [3.8, 4) is 0 Å². The molecule has 0 radical (unpaired) electrons. The molecule has 0 saturated carbocycles. The number of carbonyl (C=O) groups is 4. The molecule has 102 heavy (non-hydrogen) atoms. The maximum Gasteiger partial charge on any atom is 0.472 e. The quantitative estimate of drug-likeness (QED) is 0.0169. The summed E-state index contributed by atoms with van der Waals surface area (Å²) in [5.41, 5.74) is 0. The number of phosphoric acid groups is 2. The van der Waals surface area contributed by atoms with E-state index < -0.39 is 97.5 Å². The van der Waals surface area contributed by atoms with Gasteiger partial charge in [0, 0.05) is 25.7 Å². The van der Waals surface area contributed by atoms with Crippen molar-refractivity contribution in [2.24, 2.45) is 0 Å². The molecule has 0 spiro atoms. The third-order valence-corrected chi connectivity index (χ3v) is 17.4. The van der Waals surface area contributed by atoms with Crippen LogP contribution in [0.1, 0.15) is 285 Å². The molecule has 5 unspecified atom stereocenters. The van der Waals surface area contributed by atoms with Gasteiger partial charge in [-0.2, -0.15) is 0 Å². The molecule has 0 heterocycles. The fraction of sp³-hybridized carbons (Fsp3) is 0.639. The number of unbranched alkanes of at least 4 members (excludes halogenated alkanes) is 19. The summed E-state index contributed by atoms with van der Waals surface area (Å²) in [5, 5.41) is 10.6. The highest BCUT2D eigenvalue weighted by Crippen LogP contribution is 2.45. The number of aliphatic hydroxyl groups excluding tert-OH is 1. The lowest BCUT2D eigenvalue weighted by molar-refractivity contribution is -0.161. The van der Waals surface area contributed by atoms with Crippen LogP contribution < -0.4 is 0 Å². The SMILES string of the molecule is CC/C=C\C/C=C\C/C=C\C/C=C\C/C=C\CCCCCC(=O)OCC(COP(=O)(O)OCC(O)COP(=O)(O)OCC(COC(=O)CCCC/C=C\C/C=C\C/C=C\C/C=C\CC)OC(=O)CCCC/C=C\C/C=C\C/C=C\C/C=C\CC)OC(=O)CCCCCCCCCCCCCCC. The molecule has 0 aliphatic rings. The van der Waals surface area contributed by atoms with Gasteiger partial charge < -0.3 is 33.8 Å². The molecule has 0 rings (SSSR count). The second-order valence-electron chi connectivity index (χ2n) is 25.2. The molecular formula is C83H136O17P2. The molecule has 0 saturated heterocycles. The van der Waals surface area contributed by atoms with E-state index in [9.17, 15) is 43.2 Å². The topological polar surface area (TPSA) is 237 Å². The minimum atomic E-state index is -5.00. The Hall–Kier alpha value is -5.32. The summed E-state index contributed by atoms with van der Waals surface area (Å²) < 4.78 is 68.4. The van der Waals surface area contributed by atoms with Gasteiger partial charge in [-0.15, -0.1) is 0 Å². The summed E-state index contributed by atoms with van der Waals surface area (Å²) in [6.45, 7) is 4.38. The number of aliphatic hydroxyl groups is 1. The van der Waals surface area contributed by atoms with Crippen LogP contribution in [-0.2, 0) is 65.4 Å². The molecule has 580 valence electrons. The van der Waals surface area contributed by atoms with Crippen molar-refractivity contribution in [3.63, 3.8) is 0 Å². The highest BCUT2D eigenvalue weighted by Gasteiger charge is 2.30. The number of hydrogen-bond donors (Lipinski definition) is 3. The van der Waals surface area contributed by atoms with Gasteiger partial charge in [-0.3, -0.25) is 37.3 Å². The van der Waals surface area contributed by atoms with E-state index in [1.54, 1.807) is 0 Å². The normalized spacial score (nSPS) is 14.8. The van der Waals surface area contributed by atoms with Crippen molar-refractivity contribution in [3.05, 3.63) is 158 Å². The standard InChI is InChI=1S/C83H136O17P2/c1-5-9-13-17-21-25-29-33-36-37-38-39-42-45-48-52-56-60-64-68-81(86)94-73-78(99-82(87)69-65-61-57-53-49-43-32-28-24-20-16-12-8-4)75-97-101(89,90)95-71-77(84)72-96-102(91,92)98-76-79(100-83(88)70-66-62-58-54-50-46-41-35-31-27-23-19-15-11-7-3)74-93-80(85)67-63-59-55-51-47-44-40-34-30-26-22-18-14-10-6-2/h9-11,13-15,21-23,25-27,33-36,38-41,45,47-48,50-51,54,77-79,84H,5-8,12,16-20,24,28-32,37,42-44,46,49,52-53,55-76H2,1-4H3,(H,89,90)(H,91,92)/b13-9-,14-10-,15-11-,25-21-,26-22-,27-23-,36-33-,39-38-,40-34-,41-35-,48-45-,51-47-,54-50-.